The Bertz CT molecular complexity index is 1490. The summed E-state index contributed by atoms with van der Waals surface area (Å²) in [6.07, 6.45) is 0. The number of hydrogen-bond acceptors (Lipinski definition) is 1. The monoisotopic (exact) mass is 462 g/mol. The molecule has 0 aromatic heterocycles. The lowest BCUT2D eigenvalue weighted by Gasteiger charge is -2.03. The van der Waals surface area contributed by atoms with Gasteiger partial charge in [-0.25, -0.2) is 22.0 Å². The van der Waals surface area contributed by atoms with Crippen LogP contribution in [0, 0.1) is 52.8 Å². The Labute approximate surface area is 192 Å². The first kappa shape index (κ1) is 23.0. The van der Waals surface area contributed by atoms with Gasteiger partial charge in [0.15, 0.2) is 17.5 Å². The molecule has 0 aliphatic carbocycles. The lowest BCUT2D eigenvalue weighted by atomic mass is 10.1. The van der Waals surface area contributed by atoms with Crippen molar-refractivity contribution >= 4 is 10.8 Å². The zero-order valence-corrected chi connectivity index (χ0v) is 17.8. The second-order valence-corrected chi connectivity index (χ2v) is 7.37. The van der Waals surface area contributed by atoms with Crippen LogP contribution in [0.25, 0.3) is 10.8 Å². The van der Waals surface area contributed by atoms with Gasteiger partial charge in [0.05, 0.1) is 12.2 Å². The first-order valence-electron chi connectivity index (χ1n) is 10.0. The van der Waals surface area contributed by atoms with Crippen LogP contribution in [0.4, 0.5) is 22.0 Å². The van der Waals surface area contributed by atoms with Gasteiger partial charge in [0.2, 0.25) is 0 Å². The molecule has 0 N–H and O–H groups in total. The van der Waals surface area contributed by atoms with Crippen molar-refractivity contribution in [1.82, 2.24) is 0 Å². The van der Waals surface area contributed by atoms with E-state index < -0.39 is 34.6 Å². The topological polar surface area (TPSA) is 9.23 Å². The van der Waals surface area contributed by atoms with E-state index in [1.165, 1.54) is 18.2 Å². The first-order valence-corrected chi connectivity index (χ1v) is 10.0. The lowest BCUT2D eigenvalue weighted by molar-refractivity contribution is 0.185. The Morgan fingerprint density at radius 1 is 0.618 bits per heavy atom. The van der Waals surface area contributed by atoms with Crippen LogP contribution in [0.2, 0.25) is 0 Å². The molecule has 4 rings (SSSR count). The minimum absolute atomic E-state index is 0.0741. The summed E-state index contributed by atoms with van der Waals surface area (Å²) in [5.74, 6) is 4.52. The van der Waals surface area contributed by atoms with E-state index in [4.69, 9.17) is 4.74 Å². The van der Waals surface area contributed by atoms with E-state index in [2.05, 4.69) is 23.7 Å². The molecule has 0 heterocycles. The van der Waals surface area contributed by atoms with Crippen LogP contribution < -0.4 is 0 Å². The maximum Gasteiger partial charge on any atom is 0.195 e. The molecule has 0 aliphatic heterocycles. The third kappa shape index (κ3) is 4.93. The molecular formula is C28H15F5O. The quantitative estimate of drug-likeness (QED) is 0.188. The van der Waals surface area contributed by atoms with Gasteiger partial charge in [-0.05, 0) is 53.4 Å². The van der Waals surface area contributed by atoms with E-state index >= 15 is 0 Å². The van der Waals surface area contributed by atoms with Crippen LogP contribution in [-0.4, -0.2) is 7.11 Å². The van der Waals surface area contributed by atoms with Crippen molar-refractivity contribution in [2.45, 2.75) is 6.61 Å². The average molecular weight is 462 g/mol. The van der Waals surface area contributed by atoms with Crippen LogP contribution in [0.1, 0.15) is 27.8 Å². The molecule has 0 atom stereocenters. The highest BCUT2D eigenvalue weighted by atomic mass is 19.2. The van der Waals surface area contributed by atoms with Gasteiger partial charge in [-0.1, -0.05) is 41.9 Å². The Hall–Kier alpha value is -4.13. The Kier molecular flexibility index (Phi) is 6.63. The van der Waals surface area contributed by atoms with Gasteiger partial charge in [0, 0.05) is 29.2 Å². The highest BCUT2D eigenvalue weighted by molar-refractivity contribution is 5.84. The van der Waals surface area contributed by atoms with E-state index in [1.54, 1.807) is 19.2 Å². The van der Waals surface area contributed by atoms with Crippen molar-refractivity contribution in [1.29, 1.82) is 0 Å². The highest BCUT2D eigenvalue weighted by Gasteiger charge is 2.13. The Balaban J connectivity index is 1.60. The molecule has 0 fully saturated rings. The molecule has 0 saturated carbocycles. The Morgan fingerprint density at radius 3 is 1.91 bits per heavy atom. The molecule has 0 saturated heterocycles. The molecule has 0 bridgehead atoms. The number of hydrogen-bond donors (Lipinski definition) is 0. The number of benzene rings is 4. The minimum atomic E-state index is -1.57. The van der Waals surface area contributed by atoms with Crippen molar-refractivity contribution < 1.29 is 26.7 Å². The van der Waals surface area contributed by atoms with Crippen LogP contribution >= 0.6 is 0 Å². The van der Waals surface area contributed by atoms with Crippen molar-refractivity contribution in [2.75, 3.05) is 7.11 Å². The summed E-state index contributed by atoms with van der Waals surface area (Å²) < 4.78 is 74.8. The normalized spacial score (nSPS) is 10.4. The van der Waals surface area contributed by atoms with Gasteiger partial charge >= 0.3 is 0 Å². The molecule has 168 valence electrons. The number of methoxy groups -OCH3 is 1. The molecule has 0 spiro atoms. The molecule has 0 radical (unpaired) electrons. The zero-order chi connectivity index (χ0) is 24.2. The predicted octanol–water partition coefficient (Wildman–Crippen LogP) is 6.48. The number of rotatable bonds is 2. The maximum atomic E-state index is 14.5. The molecule has 0 unspecified atom stereocenters. The third-order valence-corrected chi connectivity index (χ3v) is 4.96. The average Bonchev–Trinajstić information content (AvgIpc) is 2.82. The largest absolute Gasteiger partial charge is 0.380 e. The molecule has 4 aromatic carbocycles. The molecule has 4 aromatic rings. The number of ether oxygens (including phenoxy) is 1. The third-order valence-electron chi connectivity index (χ3n) is 4.96. The van der Waals surface area contributed by atoms with Gasteiger partial charge < -0.3 is 4.74 Å². The molecule has 0 aliphatic rings. The van der Waals surface area contributed by atoms with Crippen LogP contribution in [0.3, 0.4) is 0 Å². The lowest BCUT2D eigenvalue weighted by Crippen LogP contribution is -1.93. The molecule has 6 heteroatoms. The van der Waals surface area contributed by atoms with E-state index in [-0.39, 0.29) is 21.9 Å². The highest BCUT2D eigenvalue weighted by Crippen LogP contribution is 2.24. The van der Waals surface area contributed by atoms with Crippen LogP contribution in [0.5, 0.6) is 0 Å². The number of fused-ring (bicyclic) bond motifs is 1. The Morgan fingerprint density at radius 2 is 1.24 bits per heavy atom. The van der Waals surface area contributed by atoms with Gasteiger partial charge in [0.1, 0.15) is 11.6 Å². The summed E-state index contributed by atoms with van der Waals surface area (Å²) in [4.78, 5) is 0. The fraction of sp³-hybridized carbons (Fsp3) is 0.0714. The van der Waals surface area contributed by atoms with Crippen molar-refractivity contribution in [3.8, 4) is 23.7 Å². The van der Waals surface area contributed by atoms with Crippen molar-refractivity contribution in [3.63, 3.8) is 0 Å². The second-order valence-electron chi connectivity index (χ2n) is 7.37. The van der Waals surface area contributed by atoms with Crippen molar-refractivity contribution in [3.05, 3.63) is 118 Å². The first-order chi connectivity index (χ1) is 16.4. The fourth-order valence-corrected chi connectivity index (χ4v) is 3.28. The summed E-state index contributed by atoms with van der Waals surface area (Å²) in [6.45, 7) is 0.470. The van der Waals surface area contributed by atoms with Gasteiger partial charge in [-0.2, -0.15) is 0 Å². The van der Waals surface area contributed by atoms with Gasteiger partial charge in [-0.15, -0.1) is 0 Å². The van der Waals surface area contributed by atoms with Gasteiger partial charge in [0.25, 0.3) is 0 Å². The summed E-state index contributed by atoms with van der Waals surface area (Å²) in [6, 6.07) is 14.1. The van der Waals surface area contributed by atoms with E-state index in [9.17, 15) is 22.0 Å². The predicted molar refractivity (Wildman–Crippen MR) is 119 cm³/mol. The summed E-state index contributed by atoms with van der Waals surface area (Å²) in [5, 5.41) is -0.0527. The minimum Gasteiger partial charge on any atom is -0.380 e. The zero-order valence-electron chi connectivity index (χ0n) is 17.8. The summed E-state index contributed by atoms with van der Waals surface area (Å²) in [7, 11) is 1.59. The van der Waals surface area contributed by atoms with E-state index in [0.717, 1.165) is 23.8 Å². The maximum absolute atomic E-state index is 14.5. The standard InChI is InChI=1S/C28H15F5O/c1-34-16-19-5-2-17(3-6-19)4-7-20-13-24(29)23(25(30)14-20)11-9-18-8-10-22-21(12-18)15-26(31)28(33)27(22)32/h2-3,5-6,8,10,12-15H,16H2,1H3. The fourth-order valence-electron chi connectivity index (χ4n) is 3.28. The smallest absolute Gasteiger partial charge is 0.195 e. The summed E-state index contributed by atoms with van der Waals surface area (Å²) in [5.41, 5.74) is 1.57. The van der Waals surface area contributed by atoms with E-state index in [1.807, 2.05) is 12.1 Å². The van der Waals surface area contributed by atoms with E-state index in [0.29, 0.717) is 12.2 Å². The SMILES string of the molecule is COCc1ccc(C#Cc2cc(F)c(C#Cc3ccc4c(F)c(F)c(F)cc4c3)c(F)c2)cc1. The molecule has 34 heavy (non-hydrogen) atoms. The molecular weight excluding hydrogens is 447 g/mol. The molecule has 1 nitrogen and oxygen atoms in total. The van der Waals surface area contributed by atoms with Gasteiger partial charge in [-0.3, -0.25) is 0 Å². The van der Waals surface area contributed by atoms with Crippen LogP contribution in [0.15, 0.2) is 60.7 Å². The second kappa shape index (κ2) is 9.79. The summed E-state index contributed by atoms with van der Waals surface area (Å²) >= 11 is 0. The molecule has 0 amide bonds. The van der Waals surface area contributed by atoms with Crippen molar-refractivity contribution in [2.24, 2.45) is 0 Å². The van der Waals surface area contributed by atoms with Crippen LogP contribution in [-0.2, 0) is 11.3 Å². The number of halogens is 5.